The largest absolute Gasteiger partial charge is 0.481 e. The second kappa shape index (κ2) is 4.62. The number of allylic oxidation sites excluding steroid dienone is 1. The average molecular weight is 318 g/mol. The van der Waals surface area contributed by atoms with Gasteiger partial charge in [0.2, 0.25) is 0 Å². The molecule has 0 aromatic carbocycles. The van der Waals surface area contributed by atoms with Gasteiger partial charge >= 0.3 is 5.97 Å². The molecule has 3 heteroatoms. The van der Waals surface area contributed by atoms with Crippen LogP contribution in [0.15, 0.2) is 12.2 Å². The quantitative estimate of drug-likeness (QED) is 0.718. The Morgan fingerprint density at radius 3 is 2.57 bits per heavy atom. The maximum absolute atomic E-state index is 12.1. The molecule has 2 bridgehead atoms. The van der Waals surface area contributed by atoms with Crippen LogP contribution < -0.4 is 0 Å². The molecule has 0 radical (unpaired) electrons. The SMILES string of the molecule is C=C1C[C@@]23CC[C@H]4[C@@](C)(CC[C@@H](O)[C@@]4(C)C(=O)O)[C@@H]2CC[C@@H]1C3. The first-order chi connectivity index (χ1) is 10.7. The molecule has 4 fully saturated rings. The third kappa shape index (κ3) is 1.78. The van der Waals surface area contributed by atoms with Crippen LogP contribution in [-0.2, 0) is 4.79 Å². The van der Waals surface area contributed by atoms with E-state index in [1.807, 2.05) is 0 Å². The fraction of sp³-hybridized carbons (Fsp3) is 0.850. The average Bonchev–Trinajstić information content (AvgIpc) is 2.73. The number of aliphatic carboxylic acids is 1. The number of hydrogen-bond donors (Lipinski definition) is 2. The number of carboxylic acid groups (broad SMARTS) is 1. The van der Waals surface area contributed by atoms with E-state index in [-0.39, 0.29) is 11.3 Å². The molecule has 0 aliphatic heterocycles. The van der Waals surface area contributed by atoms with Gasteiger partial charge < -0.3 is 10.2 Å². The molecule has 4 aliphatic rings. The van der Waals surface area contributed by atoms with Crippen molar-refractivity contribution in [2.45, 2.75) is 71.3 Å². The van der Waals surface area contributed by atoms with E-state index < -0.39 is 17.5 Å². The van der Waals surface area contributed by atoms with Crippen molar-refractivity contribution in [1.82, 2.24) is 0 Å². The standard InChI is InChI=1S/C20H30O3/c1-12-10-20-9-6-14-18(2,15(20)5-4-13(12)11-20)8-7-16(21)19(14,3)17(22)23/h13-16,21H,1,4-11H2,2-3H3,(H,22,23)/t13-,14+,15+,16-,18-,19+,20-/m1/s1. The van der Waals surface area contributed by atoms with Crippen LogP contribution in [0, 0.1) is 34.0 Å². The first kappa shape index (κ1) is 15.7. The molecule has 0 amide bonds. The predicted molar refractivity (Wildman–Crippen MR) is 88.8 cm³/mol. The number of carboxylic acids is 1. The lowest BCUT2D eigenvalue weighted by molar-refractivity contribution is -0.204. The van der Waals surface area contributed by atoms with Crippen molar-refractivity contribution < 1.29 is 15.0 Å². The van der Waals surface area contributed by atoms with Crippen molar-refractivity contribution in [1.29, 1.82) is 0 Å². The molecular formula is C20H30O3. The highest BCUT2D eigenvalue weighted by Crippen LogP contribution is 2.72. The van der Waals surface area contributed by atoms with E-state index in [0.29, 0.717) is 23.7 Å². The zero-order valence-electron chi connectivity index (χ0n) is 14.5. The van der Waals surface area contributed by atoms with Gasteiger partial charge in [-0.05, 0) is 86.9 Å². The highest BCUT2D eigenvalue weighted by Gasteiger charge is 2.67. The molecule has 0 unspecified atom stereocenters. The van der Waals surface area contributed by atoms with E-state index in [1.54, 1.807) is 6.92 Å². The highest BCUT2D eigenvalue weighted by molar-refractivity contribution is 5.76. The molecule has 3 nitrogen and oxygen atoms in total. The number of carbonyl (C=O) groups is 1. The van der Waals surface area contributed by atoms with Crippen LogP contribution in [0.5, 0.6) is 0 Å². The van der Waals surface area contributed by atoms with E-state index in [4.69, 9.17) is 0 Å². The maximum Gasteiger partial charge on any atom is 0.312 e. The topological polar surface area (TPSA) is 57.5 Å². The Bertz CT molecular complexity index is 569. The van der Waals surface area contributed by atoms with Crippen molar-refractivity contribution in [3.63, 3.8) is 0 Å². The van der Waals surface area contributed by atoms with Gasteiger partial charge in [-0.2, -0.15) is 0 Å². The first-order valence-electron chi connectivity index (χ1n) is 9.33. The van der Waals surface area contributed by atoms with Gasteiger partial charge in [0, 0.05) is 0 Å². The Morgan fingerprint density at radius 1 is 1.13 bits per heavy atom. The minimum absolute atomic E-state index is 0.0558. The zero-order chi connectivity index (χ0) is 16.6. The van der Waals surface area contributed by atoms with Crippen LogP contribution in [0.25, 0.3) is 0 Å². The summed E-state index contributed by atoms with van der Waals surface area (Å²) in [6, 6.07) is 0. The molecule has 7 atom stereocenters. The van der Waals surface area contributed by atoms with E-state index in [9.17, 15) is 15.0 Å². The van der Waals surface area contributed by atoms with Gasteiger partial charge in [-0.25, -0.2) is 0 Å². The zero-order valence-corrected chi connectivity index (χ0v) is 14.5. The van der Waals surface area contributed by atoms with Gasteiger partial charge in [0.1, 0.15) is 0 Å². The maximum atomic E-state index is 12.1. The van der Waals surface area contributed by atoms with Gasteiger partial charge in [-0.1, -0.05) is 19.1 Å². The molecule has 0 heterocycles. The van der Waals surface area contributed by atoms with E-state index in [0.717, 1.165) is 25.7 Å². The summed E-state index contributed by atoms with van der Waals surface area (Å²) in [6.45, 7) is 8.49. The van der Waals surface area contributed by atoms with E-state index in [1.165, 1.54) is 24.8 Å². The van der Waals surface area contributed by atoms with Gasteiger partial charge in [-0.3, -0.25) is 4.79 Å². The highest BCUT2D eigenvalue weighted by atomic mass is 16.4. The first-order valence-corrected chi connectivity index (χ1v) is 9.33. The molecule has 1 spiro atoms. The van der Waals surface area contributed by atoms with Crippen molar-refractivity contribution in [3.8, 4) is 0 Å². The molecule has 0 aromatic rings. The van der Waals surface area contributed by atoms with Gasteiger partial charge in [0.05, 0.1) is 11.5 Å². The van der Waals surface area contributed by atoms with Crippen LogP contribution in [0.3, 0.4) is 0 Å². The monoisotopic (exact) mass is 318 g/mol. The Labute approximate surface area is 139 Å². The van der Waals surface area contributed by atoms with E-state index in [2.05, 4.69) is 13.5 Å². The smallest absolute Gasteiger partial charge is 0.312 e. The molecular weight excluding hydrogens is 288 g/mol. The molecule has 4 rings (SSSR count). The Kier molecular flexibility index (Phi) is 3.15. The minimum atomic E-state index is -0.985. The fourth-order valence-electron chi connectivity index (χ4n) is 7.55. The molecule has 128 valence electrons. The minimum Gasteiger partial charge on any atom is -0.481 e. The number of hydrogen-bond acceptors (Lipinski definition) is 2. The van der Waals surface area contributed by atoms with Crippen LogP contribution in [0.4, 0.5) is 0 Å². The molecule has 2 N–H and O–H groups in total. The summed E-state index contributed by atoms with van der Waals surface area (Å²) in [7, 11) is 0. The van der Waals surface area contributed by atoms with E-state index >= 15 is 0 Å². The molecule has 23 heavy (non-hydrogen) atoms. The number of aliphatic hydroxyl groups is 1. The molecule has 0 aromatic heterocycles. The second-order valence-electron chi connectivity index (χ2n) is 9.47. The Hall–Kier alpha value is -0.830. The Morgan fingerprint density at radius 2 is 1.87 bits per heavy atom. The third-order valence-electron chi connectivity index (χ3n) is 8.71. The predicted octanol–water partition coefficient (Wildman–Crippen LogP) is 4.01. The van der Waals surface area contributed by atoms with Crippen LogP contribution >= 0.6 is 0 Å². The summed E-state index contributed by atoms with van der Waals surface area (Å²) in [5, 5.41) is 20.4. The fourth-order valence-corrected chi connectivity index (χ4v) is 7.55. The lowest BCUT2D eigenvalue weighted by Crippen LogP contribution is -2.62. The molecule has 0 saturated heterocycles. The van der Waals surface area contributed by atoms with Crippen molar-refractivity contribution in [2.24, 2.45) is 34.0 Å². The van der Waals surface area contributed by atoms with Gasteiger partial charge in [-0.15, -0.1) is 0 Å². The number of aliphatic hydroxyl groups excluding tert-OH is 1. The Balaban J connectivity index is 1.76. The normalized spacial score (nSPS) is 55.2. The van der Waals surface area contributed by atoms with Crippen LogP contribution in [0.2, 0.25) is 0 Å². The summed E-state index contributed by atoms with van der Waals surface area (Å²) < 4.78 is 0. The second-order valence-corrected chi connectivity index (χ2v) is 9.47. The summed E-state index contributed by atoms with van der Waals surface area (Å²) >= 11 is 0. The third-order valence-corrected chi connectivity index (χ3v) is 8.71. The van der Waals surface area contributed by atoms with Gasteiger partial charge in [0.25, 0.3) is 0 Å². The number of fused-ring (bicyclic) bond motifs is 3. The summed E-state index contributed by atoms with van der Waals surface area (Å²) in [4.78, 5) is 12.1. The summed E-state index contributed by atoms with van der Waals surface area (Å²) in [5.41, 5.74) is 0.903. The van der Waals surface area contributed by atoms with Crippen molar-refractivity contribution in [2.75, 3.05) is 0 Å². The summed E-state index contributed by atoms with van der Waals surface area (Å²) in [6.07, 6.45) is 7.89. The van der Waals surface area contributed by atoms with Crippen LogP contribution in [-0.4, -0.2) is 22.3 Å². The van der Waals surface area contributed by atoms with Crippen molar-refractivity contribution in [3.05, 3.63) is 12.2 Å². The van der Waals surface area contributed by atoms with Gasteiger partial charge in [0.15, 0.2) is 0 Å². The summed E-state index contributed by atoms with van der Waals surface area (Å²) in [5.74, 6) is 0.612. The van der Waals surface area contributed by atoms with Crippen LogP contribution in [0.1, 0.15) is 65.2 Å². The van der Waals surface area contributed by atoms with Crippen molar-refractivity contribution >= 4 is 5.97 Å². The lowest BCUT2D eigenvalue weighted by Gasteiger charge is -2.64. The molecule has 4 aliphatic carbocycles. The number of rotatable bonds is 1. The molecule has 4 saturated carbocycles. The lowest BCUT2D eigenvalue weighted by atomic mass is 9.40.